The number of hydrogen-bond acceptors (Lipinski definition) is 4. The highest BCUT2D eigenvalue weighted by Crippen LogP contribution is 2.21. The summed E-state index contributed by atoms with van der Waals surface area (Å²) in [6, 6.07) is 2.15. The molecule has 0 aromatic carbocycles. The SMILES string of the molecule is CN1CCC(N2CCC(NC(=O)c3cc4n(n3)CCC4)CC2)C1=O. The first-order valence-corrected chi connectivity index (χ1v) is 8.98. The molecule has 7 heteroatoms. The maximum absolute atomic E-state index is 12.4. The maximum atomic E-state index is 12.4. The lowest BCUT2D eigenvalue weighted by atomic mass is 10.0. The first-order valence-electron chi connectivity index (χ1n) is 8.98. The number of aryl methyl sites for hydroxylation is 2. The van der Waals surface area contributed by atoms with Gasteiger partial charge in [-0.2, -0.15) is 5.10 Å². The Morgan fingerprint density at radius 1 is 1.21 bits per heavy atom. The Kier molecular flexibility index (Phi) is 4.04. The fourth-order valence-corrected chi connectivity index (χ4v) is 4.13. The van der Waals surface area contributed by atoms with E-state index in [0.29, 0.717) is 5.69 Å². The van der Waals surface area contributed by atoms with Crippen molar-refractivity contribution in [3.63, 3.8) is 0 Å². The van der Waals surface area contributed by atoms with E-state index in [4.69, 9.17) is 0 Å². The van der Waals surface area contributed by atoms with Crippen LogP contribution in [0, 0.1) is 0 Å². The molecule has 3 aliphatic heterocycles. The molecular formula is C17H25N5O2. The van der Waals surface area contributed by atoms with E-state index in [9.17, 15) is 9.59 Å². The summed E-state index contributed by atoms with van der Waals surface area (Å²) >= 11 is 0. The van der Waals surface area contributed by atoms with Gasteiger partial charge in [0.1, 0.15) is 5.69 Å². The highest BCUT2D eigenvalue weighted by atomic mass is 16.2. The van der Waals surface area contributed by atoms with Crippen LogP contribution in [0.5, 0.6) is 0 Å². The minimum atomic E-state index is -0.0629. The van der Waals surface area contributed by atoms with Gasteiger partial charge in [-0.15, -0.1) is 0 Å². The number of hydrogen-bond donors (Lipinski definition) is 1. The number of amides is 2. The number of likely N-dealkylation sites (N-methyl/N-ethyl adjacent to an activating group) is 1. The molecule has 1 N–H and O–H groups in total. The number of likely N-dealkylation sites (tertiary alicyclic amines) is 2. The predicted octanol–water partition coefficient (Wildman–Crippen LogP) is 0.254. The monoisotopic (exact) mass is 331 g/mol. The second-order valence-corrected chi connectivity index (χ2v) is 7.20. The van der Waals surface area contributed by atoms with Crippen LogP contribution in [-0.2, 0) is 17.8 Å². The molecule has 1 unspecified atom stereocenters. The van der Waals surface area contributed by atoms with Crippen molar-refractivity contribution in [3.05, 3.63) is 17.5 Å². The number of piperidine rings is 1. The van der Waals surface area contributed by atoms with E-state index in [0.717, 1.165) is 58.3 Å². The molecule has 130 valence electrons. The Labute approximate surface area is 142 Å². The van der Waals surface area contributed by atoms with Crippen molar-refractivity contribution >= 4 is 11.8 Å². The summed E-state index contributed by atoms with van der Waals surface area (Å²) in [7, 11) is 1.87. The summed E-state index contributed by atoms with van der Waals surface area (Å²) in [6.45, 7) is 3.51. The highest BCUT2D eigenvalue weighted by Gasteiger charge is 2.36. The average Bonchev–Trinajstić information content (AvgIpc) is 3.25. The minimum absolute atomic E-state index is 0.0442. The van der Waals surface area contributed by atoms with Gasteiger partial charge >= 0.3 is 0 Å². The smallest absolute Gasteiger partial charge is 0.272 e. The lowest BCUT2D eigenvalue weighted by Gasteiger charge is -2.35. The van der Waals surface area contributed by atoms with Gasteiger partial charge in [0.25, 0.3) is 5.91 Å². The fraction of sp³-hybridized carbons (Fsp3) is 0.706. The van der Waals surface area contributed by atoms with E-state index in [1.807, 2.05) is 22.7 Å². The normalized spacial score (nSPS) is 25.3. The van der Waals surface area contributed by atoms with Gasteiger partial charge in [0.2, 0.25) is 5.91 Å². The zero-order valence-electron chi connectivity index (χ0n) is 14.2. The van der Waals surface area contributed by atoms with Crippen LogP contribution >= 0.6 is 0 Å². The summed E-state index contributed by atoms with van der Waals surface area (Å²) in [4.78, 5) is 28.6. The van der Waals surface area contributed by atoms with Crippen molar-refractivity contribution in [2.24, 2.45) is 0 Å². The van der Waals surface area contributed by atoms with Crippen molar-refractivity contribution in [1.29, 1.82) is 0 Å². The first kappa shape index (κ1) is 15.6. The summed E-state index contributed by atoms with van der Waals surface area (Å²) in [5.74, 6) is 0.178. The first-order chi connectivity index (χ1) is 11.6. The standard InChI is InChI=1S/C17H25N5O2/c1-20-8-6-15(17(20)24)21-9-4-12(5-10-21)18-16(23)14-11-13-3-2-7-22(13)19-14/h11-12,15H,2-10H2,1H3,(H,18,23). The molecule has 0 radical (unpaired) electrons. The molecule has 0 spiro atoms. The number of rotatable bonds is 3. The Hall–Kier alpha value is -1.89. The van der Waals surface area contributed by atoms with Gasteiger partial charge in [0.05, 0.1) is 6.04 Å². The van der Waals surface area contributed by atoms with Gasteiger partial charge in [-0.25, -0.2) is 0 Å². The van der Waals surface area contributed by atoms with Gasteiger partial charge in [0, 0.05) is 45.0 Å². The Morgan fingerprint density at radius 2 is 2.00 bits per heavy atom. The number of carbonyl (C=O) groups excluding carboxylic acids is 2. The summed E-state index contributed by atoms with van der Waals surface area (Å²) in [5, 5.41) is 7.51. The van der Waals surface area contributed by atoms with E-state index < -0.39 is 0 Å². The molecule has 2 saturated heterocycles. The quantitative estimate of drug-likeness (QED) is 0.862. The van der Waals surface area contributed by atoms with Crippen molar-refractivity contribution in [2.75, 3.05) is 26.7 Å². The molecule has 1 atom stereocenters. The average molecular weight is 331 g/mol. The molecular weight excluding hydrogens is 306 g/mol. The van der Waals surface area contributed by atoms with Crippen LogP contribution in [0.15, 0.2) is 6.07 Å². The van der Waals surface area contributed by atoms with Gasteiger partial charge < -0.3 is 10.2 Å². The number of nitrogens with zero attached hydrogens (tertiary/aromatic N) is 4. The highest BCUT2D eigenvalue weighted by molar-refractivity contribution is 5.92. The third-order valence-corrected chi connectivity index (χ3v) is 5.60. The van der Waals surface area contributed by atoms with Gasteiger partial charge in [-0.1, -0.05) is 0 Å². The molecule has 1 aromatic heterocycles. The van der Waals surface area contributed by atoms with Crippen LogP contribution in [0.4, 0.5) is 0 Å². The van der Waals surface area contributed by atoms with Crippen LogP contribution in [0.2, 0.25) is 0 Å². The Balaban J connectivity index is 1.30. The topological polar surface area (TPSA) is 70.5 Å². The van der Waals surface area contributed by atoms with E-state index >= 15 is 0 Å². The molecule has 1 aromatic rings. The van der Waals surface area contributed by atoms with E-state index in [1.165, 1.54) is 5.69 Å². The van der Waals surface area contributed by atoms with Crippen LogP contribution in [0.3, 0.4) is 0 Å². The molecule has 2 fully saturated rings. The van der Waals surface area contributed by atoms with Gasteiger partial charge in [-0.05, 0) is 38.2 Å². The number of aromatic nitrogens is 2. The number of fused-ring (bicyclic) bond motifs is 1. The lowest BCUT2D eigenvalue weighted by molar-refractivity contribution is -0.131. The zero-order valence-corrected chi connectivity index (χ0v) is 14.2. The third-order valence-electron chi connectivity index (χ3n) is 5.60. The van der Waals surface area contributed by atoms with Crippen molar-refractivity contribution in [3.8, 4) is 0 Å². The van der Waals surface area contributed by atoms with Crippen LogP contribution in [0.1, 0.15) is 41.9 Å². The molecule has 4 heterocycles. The van der Waals surface area contributed by atoms with Crippen molar-refractivity contribution < 1.29 is 9.59 Å². The third kappa shape index (κ3) is 2.81. The lowest BCUT2D eigenvalue weighted by Crippen LogP contribution is -2.50. The molecule has 3 aliphatic rings. The second-order valence-electron chi connectivity index (χ2n) is 7.20. The van der Waals surface area contributed by atoms with Crippen LogP contribution in [0.25, 0.3) is 0 Å². The molecule has 7 nitrogen and oxygen atoms in total. The molecule has 0 saturated carbocycles. The van der Waals surface area contributed by atoms with Crippen LogP contribution < -0.4 is 5.32 Å². The number of carbonyl (C=O) groups is 2. The molecule has 4 rings (SSSR count). The summed E-state index contributed by atoms with van der Waals surface area (Å²) in [5.41, 5.74) is 1.71. The summed E-state index contributed by atoms with van der Waals surface area (Å²) < 4.78 is 1.94. The van der Waals surface area contributed by atoms with Crippen LogP contribution in [-0.4, -0.2) is 70.2 Å². The van der Waals surface area contributed by atoms with Gasteiger partial charge in [0.15, 0.2) is 0 Å². The second kappa shape index (κ2) is 6.20. The van der Waals surface area contributed by atoms with E-state index in [1.54, 1.807) is 0 Å². The fourth-order valence-electron chi connectivity index (χ4n) is 4.13. The van der Waals surface area contributed by atoms with Crippen molar-refractivity contribution in [1.82, 2.24) is 24.9 Å². The minimum Gasteiger partial charge on any atom is -0.348 e. The molecule has 0 bridgehead atoms. The maximum Gasteiger partial charge on any atom is 0.272 e. The van der Waals surface area contributed by atoms with E-state index in [2.05, 4.69) is 15.3 Å². The Bertz CT molecular complexity index is 626. The van der Waals surface area contributed by atoms with Crippen molar-refractivity contribution in [2.45, 2.75) is 50.7 Å². The predicted molar refractivity (Wildman–Crippen MR) is 88.7 cm³/mol. The summed E-state index contributed by atoms with van der Waals surface area (Å²) in [6.07, 6.45) is 4.85. The van der Waals surface area contributed by atoms with Gasteiger partial charge in [-0.3, -0.25) is 19.2 Å². The zero-order chi connectivity index (χ0) is 16.7. The largest absolute Gasteiger partial charge is 0.348 e. The molecule has 0 aliphatic carbocycles. The Morgan fingerprint density at radius 3 is 2.67 bits per heavy atom. The molecule has 2 amide bonds. The number of nitrogens with one attached hydrogen (secondary N) is 1. The van der Waals surface area contributed by atoms with E-state index in [-0.39, 0.29) is 23.9 Å². The molecule has 24 heavy (non-hydrogen) atoms.